The first-order valence-electron chi connectivity index (χ1n) is 4.04. The highest BCUT2D eigenvalue weighted by Crippen LogP contribution is 2.26. The molecule has 1 aliphatic rings. The fourth-order valence-corrected chi connectivity index (χ4v) is 1.19. The van der Waals surface area contributed by atoms with Crippen LogP contribution < -0.4 is 5.32 Å². The summed E-state index contributed by atoms with van der Waals surface area (Å²) in [6.45, 7) is 2.16. The molecule has 0 aliphatic heterocycles. The van der Waals surface area contributed by atoms with Gasteiger partial charge in [-0.25, -0.2) is 0 Å². The normalized spacial score (nSPS) is 25.9. The van der Waals surface area contributed by atoms with Gasteiger partial charge < -0.3 is 5.32 Å². The van der Waals surface area contributed by atoms with Crippen LogP contribution in [0.3, 0.4) is 0 Å². The Morgan fingerprint density at radius 3 is 2.42 bits per heavy atom. The highest BCUT2D eigenvalue weighted by atomic mass is 14.9. The molecule has 0 amide bonds. The number of hydrogen-bond donors (Lipinski definition) is 1. The standard InChI is InChI=1S/C9H11N3/c1-7-2-3-9(7)12-6-8(4-10)5-11/h6-7,9,12H,2-3H2,1H3. The average molecular weight is 161 g/mol. The molecule has 62 valence electrons. The van der Waals surface area contributed by atoms with E-state index in [0.717, 1.165) is 6.42 Å². The van der Waals surface area contributed by atoms with Crippen molar-refractivity contribution in [3.05, 3.63) is 11.8 Å². The van der Waals surface area contributed by atoms with Gasteiger partial charge in [-0.3, -0.25) is 0 Å². The number of nitriles is 2. The quantitative estimate of drug-likeness (QED) is 0.621. The van der Waals surface area contributed by atoms with E-state index in [9.17, 15) is 0 Å². The van der Waals surface area contributed by atoms with E-state index in [0.29, 0.717) is 12.0 Å². The van der Waals surface area contributed by atoms with Crippen molar-refractivity contribution in [1.82, 2.24) is 5.32 Å². The maximum Gasteiger partial charge on any atom is 0.145 e. The summed E-state index contributed by atoms with van der Waals surface area (Å²) in [4.78, 5) is 0. The van der Waals surface area contributed by atoms with E-state index >= 15 is 0 Å². The first kappa shape index (κ1) is 8.62. The highest BCUT2D eigenvalue weighted by Gasteiger charge is 2.25. The van der Waals surface area contributed by atoms with Gasteiger partial charge in [-0.15, -0.1) is 0 Å². The first-order valence-corrected chi connectivity index (χ1v) is 4.04. The van der Waals surface area contributed by atoms with Crippen molar-refractivity contribution in [3.63, 3.8) is 0 Å². The second-order valence-electron chi connectivity index (χ2n) is 3.11. The van der Waals surface area contributed by atoms with Gasteiger partial charge in [0.15, 0.2) is 0 Å². The molecule has 1 saturated carbocycles. The predicted octanol–water partition coefficient (Wildman–Crippen LogP) is 1.31. The Labute approximate surface area is 72.3 Å². The van der Waals surface area contributed by atoms with E-state index in [2.05, 4.69) is 12.2 Å². The summed E-state index contributed by atoms with van der Waals surface area (Å²) in [5, 5.41) is 19.9. The van der Waals surface area contributed by atoms with Gasteiger partial charge in [0, 0.05) is 12.2 Å². The molecule has 2 unspecified atom stereocenters. The molecule has 12 heavy (non-hydrogen) atoms. The molecule has 3 heteroatoms. The number of allylic oxidation sites excluding steroid dienone is 1. The smallest absolute Gasteiger partial charge is 0.145 e. The lowest BCUT2D eigenvalue weighted by molar-refractivity contribution is 0.250. The summed E-state index contributed by atoms with van der Waals surface area (Å²) >= 11 is 0. The number of nitrogens with zero attached hydrogens (tertiary/aromatic N) is 2. The molecule has 0 aromatic heterocycles. The van der Waals surface area contributed by atoms with E-state index in [1.54, 1.807) is 0 Å². The van der Waals surface area contributed by atoms with Gasteiger partial charge >= 0.3 is 0 Å². The first-order chi connectivity index (χ1) is 5.77. The maximum absolute atomic E-state index is 8.41. The van der Waals surface area contributed by atoms with Gasteiger partial charge in [0.25, 0.3) is 0 Å². The Hall–Kier alpha value is -1.48. The minimum atomic E-state index is 0.147. The van der Waals surface area contributed by atoms with E-state index < -0.39 is 0 Å². The van der Waals surface area contributed by atoms with E-state index in [1.807, 2.05) is 12.1 Å². The molecule has 0 radical (unpaired) electrons. The van der Waals surface area contributed by atoms with Crippen LogP contribution in [0.5, 0.6) is 0 Å². The van der Waals surface area contributed by atoms with Crippen molar-refractivity contribution in [2.45, 2.75) is 25.8 Å². The van der Waals surface area contributed by atoms with Crippen molar-refractivity contribution < 1.29 is 0 Å². The third-order valence-electron chi connectivity index (χ3n) is 2.30. The van der Waals surface area contributed by atoms with Gasteiger partial charge in [-0.2, -0.15) is 10.5 Å². The van der Waals surface area contributed by atoms with Crippen LogP contribution in [-0.2, 0) is 0 Å². The fraction of sp³-hybridized carbons (Fsp3) is 0.556. The Kier molecular flexibility index (Phi) is 2.71. The zero-order valence-electron chi connectivity index (χ0n) is 7.04. The van der Waals surface area contributed by atoms with Gasteiger partial charge in [-0.1, -0.05) is 6.92 Å². The number of rotatable bonds is 2. The van der Waals surface area contributed by atoms with Crippen LogP contribution in [0.25, 0.3) is 0 Å². The molecule has 1 N–H and O–H groups in total. The van der Waals surface area contributed by atoms with Crippen molar-refractivity contribution in [1.29, 1.82) is 10.5 Å². The molecule has 3 nitrogen and oxygen atoms in total. The SMILES string of the molecule is CC1CCC1NC=C(C#N)C#N. The summed E-state index contributed by atoms with van der Waals surface area (Å²) < 4.78 is 0. The van der Waals surface area contributed by atoms with Crippen molar-refractivity contribution in [2.75, 3.05) is 0 Å². The van der Waals surface area contributed by atoms with Crippen molar-refractivity contribution in [3.8, 4) is 12.1 Å². The predicted molar refractivity (Wildman–Crippen MR) is 44.6 cm³/mol. The Morgan fingerprint density at radius 1 is 1.42 bits per heavy atom. The summed E-state index contributed by atoms with van der Waals surface area (Å²) in [6, 6.07) is 4.08. The van der Waals surface area contributed by atoms with Gasteiger partial charge in [0.2, 0.25) is 0 Å². The van der Waals surface area contributed by atoms with Crippen molar-refractivity contribution >= 4 is 0 Å². The molecule has 0 saturated heterocycles. The van der Waals surface area contributed by atoms with Crippen LogP contribution in [0.4, 0.5) is 0 Å². The maximum atomic E-state index is 8.41. The van der Waals surface area contributed by atoms with E-state index in [-0.39, 0.29) is 5.57 Å². The molecule has 1 fully saturated rings. The highest BCUT2D eigenvalue weighted by molar-refractivity contribution is 5.34. The zero-order valence-corrected chi connectivity index (χ0v) is 7.04. The number of nitrogens with one attached hydrogen (secondary N) is 1. The molecule has 0 bridgehead atoms. The van der Waals surface area contributed by atoms with Gasteiger partial charge in [0.05, 0.1) is 0 Å². The van der Waals surface area contributed by atoms with Gasteiger partial charge in [0.1, 0.15) is 17.7 Å². The van der Waals surface area contributed by atoms with Crippen LogP contribution in [0.1, 0.15) is 19.8 Å². The van der Waals surface area contributed by atoms with E-state index in [1.165, 1.54) is 12.6 Å². The lowest BCUT2D eigenvalue weighted by Crippen LogP contribution is -2.39. The van der Waals surface area contributed by atoms with E-state index in [4.69, 9.17) is 10.5 Å². The third-order valence-corrected chi connectivity index (χ3v) is 2.30. The average Bonchev–Trinajstić information content (AvgIpc) is 2.10. The molecular formula is C9H11N3. The molecule has 1 rings (SSSR count). The van der Waals surface area contributed by atoms with Crippen LogP contribution in [0, 0.1) is 28.6 Å². The minimum absolute atomic E-state index is 0.147. The Bertz CT molecular complexity index is 250. The summed E-state index contributed by atoms with van der Waals surface area (Å²) in [6.07, 6.45) is 3.89. The lowest BCUT2D eigenvalue weighted by atomic mass is 9.81. The molecule has 0 aromatic carbocycles. The van der Waals surface area contributed by atoms with Crippen LogP contribution in [-0.4, -0.2) is 6.04 Å². The second-order valence-corrected chi connectivity index (χ2v) is 3.11. The Morgan fingerprint density at radius 2 is 2.08 bits per heavy atom. The molecule has 0 aromatic rings. The summed E-state index contributed by atoms with van der Waals surface area (Å²) in [5.41, 5.74) is 0.147. The van der Waals surface area contributed by atoms with Gasteiger partial charge in [-0.05, 0) is 18.8 Å². The number of hydrogen-bond acceptors (Lipinski definition) is 3. The zero-order chi connectivity index (χ0) is 8.97. The fourth-order valence-electron chi connectivity index (χ4n) is 1.19. The minimum Gasteiger partial charge on any atom is -0.386 e. The monoisotopic (exact) mass is 161 g/mol. The van der Waals surface area contributed by atoms with Crippen LogP contribution in [0.15, 0.2) is 11.8 Å². The summed E-state index contributed by atoms with van der Waals surface area (Å²) in [5.74, 6) is 0.667. The largest absolute Gasteiger partial charge is 0.386 e. The lowest BCUT2D eigenvalue weighted by Gasteiger charge is -2.33. The Balaban J connectivity index is 2.39. The third kappa shape index (κ3) is 1.77. The molecule has 0 heterocycles. The molecule has 0 spiro atoms. The topological polar surface area (TPSA) is 59.6 Å². The molecular weight excluding hydrogens is 150 g/mol. The van der Waals surface area contributed by atoms with Crippen molar-refractivity contribution in [2.24, 2.45) is 5.92 Å². The molecule has 1 aliphatic carbocycles. The van der Waals surface area contributed by atoms with Crippen LogP contribution in [0.2, 0.25) is 0 Å². The summed E-state index contributed by atoms with van der Waals surface area (Å²) in [7, 11) is 0. The molecule has 2 atom stereocenters. The van der Waals surface area contributed by atoms with Crippen LogP contribution >= 0.6 is 0 Å². The second kappa shape index (κ2) is 3.78.